The number of benzene rings is 3. The fourth-order valence-corrected chi connectivity index (χ4v) is 3.89. The van der Waals surface area contributed by atoms with Gasteiger partial charge in [-0.15, -0.1) is 0 Å². The van der Waals surface area contributed by atoms with Gasteiger partial charge in [0.05, 0.1) is 16.3 Å². The highest BCUT2D eigenvalue weighted by Gasteiger charge is 2.16. The first-order valence-corrected chi connectivity index (χ1v) is 11.2. The van der Waals surface area contributed by atoms with Crippen LogP contribution in [0.1, 0.15) is 15.9 Å². The van der Waals surface area contributed by atoms with Crippen molar-refractivity contribution in [3.8, 4) is 17.2 Å². The van der Waals surface area contributed by atoms with Crippen LogP contribution in [0.5, 0.6) is 17.2 Å². The average Bonchev–Trinajstić information content (AvgIpc) is 3.35. The molecule has 0 radical (unpaired) electrons. The number of amides is 2. The monoisotopic (exact) mass is 489 g/mol. The van der Waals surface area contributed by atoms with Crippen molar-refractivity contribution in [2.75, 3.05) is 18.7 Å². The van der Waals surface area contributed by atoms with Crippen LogP contribution in [0.2, 0.25) is 5.02 Å². The van der Waals surface area contributed by atoms with Crippen LogP contribution < -0.4 is 24.8 Å². The molecule has 0 unspecified atom stereocenters. The normalized spacial score (nSPS) is 11.8. The van der Waals surface area contributed by atoms with E-state index in [-0.39, 0.29) is 25.9 Å². The summed E-state index contributed by atoms with van der Waals surface area (Å²) < 4.78 is 16.4. The van der Waals surface area contributed by atoms with Gasteiger partial charge in [-0.05, 0) is 54.1 Å². The first-order valence-electron chi connectivity index (χ1n) is 10.8. The molecule has 8 nitrogen and oxygen atoms in total. The zero-order valence-corrected chi connectivity index (χ0v) is 19.2. The fourth-order valence-electron chi connectivity index (χ4n) is 3.68. The Balaban J connectivity index is 1.22. The van der Waals surface area contributed by atoms with Gasteiger partial charge in [-0.25, -0.2) is 0 Å². The highest BCUT2D eigenvalue weighted by Crippen LogP contribution is 2.32. The second-order valence-corrected chi connectivity index (χ2v) is 8.11. The van der Waals surface area contributed by atoms with Gasteiger partial charge in [-0.2, -0.15) is 0 Å². The minimum Gasteiger partial charge on any atom is -0.481 e. The summed E-state index contributed by atoms with van der Waals surface area (Å²) in [4.78, 5) is 29.7. The lowest BCUT2D eigenvalue weighted by molar-refractivity contribution is -0.118. The second kappa shape index (κ2) is 9.90. The van der Waals surface area contributed by atoms with Crippen LogP contribution in [-0.2, 0) is 11.3 Å². The SMILES string of the molecule is O=C(COc1ccc(Cl)c2cccnc12)Nc1ccccc1C(=O)NCc1ccc2c(c1)OCO2. The minimum atomic E-state index is -0.417. The van der Waals surface area contributed by atoms with Crippen LogP contribution in [0.25, 0.3) is 10.9 Å². The number of carbonyl (C=O) groups excluding carboxylic acids is 2. The average molecular weight is 490 g/mol. The summed E-state index contributed by atoms with van der Waals surface area (Å²) in [6.45, 7) is 0.213. The van der Waals surface area contributed by atoms with E-state index in [4.69, 9.17) is 25.8 Å². The summed E-state index contributed by atoms with van der Waals surface area (Å²) in [5.41, 5.74) is 2.14. The molecule has 0 saturated carbocycles. The number of fused-ring (bicyclic) bond motifs is 2. The Bertz CT molecular complexity index is 1430. The van der Waals surface area contributed by atoms with Crippen molar-refractivity contribution in [1.29, 1.82) is 0 Å². The van der Waals surface area contributed by atoms with E-state index in [1.807, 2.05) is 18.2 Å². The number of rotatable bonds is 7. The number of hydrogen-bond donors (Lipinski definition) is 2. The lowest BCUT2D eigenvalue weighted by Gasteiger charge is -2.13. The van der Waals surface area contributed by atoms with Gasteiger partial charge < -0.3 is 24.8 Å². The smallest absolute Gasteiger partial charge is 0.262 e. The Morgan fingerprint density at radius 3 is 2.77 bits per heavy atom. The predicted octanol–water partition coefficient (Wildman–Crippen LogP) is 4.56. The predicted molar refractivity (Wildman–Crippen MR) is 131 cm³/mol. The number of pyridine rings is 1. The molecule has 176 valence electrons. The van der Waals surface area contributed by atoms with Crippen molar-refractivity contribution in [2.45, 2.75) is 6.54 Å². The lowest BCUT2D eigenvalue weighted by atomic mass is 10.1. The Hall–Kier alpha value is -4.30. The van der Waals surface area contributed by atoms with Crippen molar-refractivity contribution in [3.63, 3.8) is 0 Å². The Morgan fingerprint density at radius 2 is 1.86 bits per heavy atom. The number of nitrogens with one attached hydrogen (secondary N) is 2. The summed E-state index contributed by atoms with van der Waals surface area (Å²) in [5, 5.41) is 6.89. The van der Waals surface area contributed by atoms with Crippen LogP contribution >= 0.6 is 11.6 Å². The third kappa shape index (κ3) is 4.97. The van der Waals surface area contributed by atoms with Gasteiger partial charge >= 0.3 is 0 Å². The highest BCUT2D eigenvalue weighted by molar-refractivity contribution is 6.35. The molecular weight excluding hydrogens is 470 g/mol. The number of para-hydroxylation sites is 1. The maximum Gasteiger partial charge on any atom is 0.262 e. The maximum absolute atomic E-state index is 12.8. The number of anilines is 1. The molecule has 9 heteroatoms. The van der Waals surface area contributed by atoms with Crippen molar-refractivity contribution in [1.82, 2.24) is 10.3 Å². The van der Waals surface area contributed by atoms with E-state index in [1.165, 1.54) is 0 Å². The van der Waals surface area contributed by atoms with Gasteiger partial charge in [0.2, 0.25) is 6.79 Å². The summed E-state index contributed by atoms with van der Waals surface area (Å²) in [6.07, 6.45) is 1.63. The van der Waals surface area contributed by atoms with Gasteiger partial charge in [0.15, 0.2) is 18.1 Å². The van der Waals surface area contributed by atoms with Crippen LogP contribution in [-0.4, -0.2) is 30.2 Å². The number of hydrogen-bond acceptors (Lipinski definition) is 6. The molecule has 0 spiro atoms. The molecule has 0 aliphatic carbocycles. The summed E-state index contributed by atoms with van der Waals surface area (Å²) in [7, 11) is 0. The van der Waals surface area contributed by atoms with E-state index >= 15 is 0 Å². The van der Waals surface area contributed by atoms with Crippen LogP contribution in [0.4, 0.5) is 5.69 Å². The first kappa shape index (κ1) is 22.5. The highest BCUT2D eigenvalue weighted by atomic mass is 35.5. The molecule has 2 N–H and O–H groups in total. The van der Waals surface area contributed by atoms with E-state index in [1.54, 1.807) is 54.7 Å². The molecular formula is C26H20ClN3O5. The second-order valence-electron chi connectivity index (χ2n) is 7.70. The van der Waals surface area contributed by atoms with Gasteiger partial charge in [-0.1, -0.05) is 29.8 Å². The largest absolute Gasteiger partial charge is 0.481 e. The molecule has 2 amide bonds. The Labute approximate surface area is 205 Å². The standard InChI is InChI=1S/C26H20ClN3O5/c27-19-8-10-22(25-17(19)5-3-11-28-25)33-14-24(31)30-20-6-2-1-4-18(20)26(32)29-13-16-7-9-21-23(12-16)35-15-34-21/h1-12H,13-15H2,(H,29,32)(H,30,31). The number of halogens is 1. The van der Waals surface area contributed by atoms with E-state index in [0.717, 1.165) is 10.9 Å². The molecule has 1 aliphatic heterocycles. The molecule has 0 fully saturated rings. The lowest BCUT2D eigenvalue weighted by Crippen LogP contribution is -2.26. The summed E-state index contributed by atoms with van der Waals surface area (Å²) in [5.74, 6) is 1.02. The Morgan fingerprint density at radius 1 is 1.00 bits per heavy atom. The molecule has 1 aliphatic rings. The van der Waals surface area contributed by atoms with Gasteiger partial charge in [0.1, 0.15) is 11.3 Å². The fraction of sp³-hybridized carbons (Fsp3) is 0.115. The van der Waals surface area contributed by atoms with Gasteiger partial charge in [-0.3, -0.25) is 14.6 Å². The van der Waals surface area contributed by atoms with Gasteiger partial charge in [0, 0.05) is 18.1 Å². The molecule has 2 heterocycles. The molecule has 3 aromatic carbocycles. The molecule has 1 aromatic heterocycles. The number of nitrogens with zero attached hydrogens (tertiary/aromatic N) is 1. The topological polar surface area (TPSA) is 98.8 Å². The zero-order valence-electron chi connectivity index (χ0n) is 18.4. The summed E-state index contributed by atoms with van der Waals surface area (Å²) in [6, 6.07) is 19.2. The molecule has 0 bridgehead atoms. The summed E-state index contributed by atoms with van der Waals surface area (Å²) >= 11 is 6.21. The Kier molecular flexibility index (Phi) is 6.36. The van der Waals surface area contributed by atoms with E-state index in [2.05, 4.69) is 15.6 Å². The van der Waals surface area contributed by atoms with E-state index in [9.17, 15) is 9.59 Å². The van der Waals surface area contributed by atoms with E-state index < -0.39 is 5.91 Å². The van der Waals surface area contributed by atoms with Crippen molar-refractivity contribution in [2.24, 2.45) is 0 Å². The van der Waals surface area contributed by atoms with Crippen LogP contribution in [0.15, 0.2) is 72.9 Å². The van der Waals surface area contributed by atoms with Crippen molar-refractivity contribution < 1.29 is 23.8 Å². The molecule has 5 rings (SSSR count). The third-order valence-corrected chi connectivity index (χ3v) is 5.70. The zero-order chi connectivity index (χ0) is 24.2. The quantitative estimate of drug-likeness (QED) is 0.395. The minimum absolute atomic E-state index is 0.187. The van der Waals surface area contributed by atoms with E-state index in [0.29, 0.717) is 39.0 Å². The molecule has 0 saturated heterocycles. The maximum atomic E-state index is 12.8. The molecule has 0 atom stereocenters. The number of ether oxygens (including phenoxy) is 3. The number of aromatic nitrogens is 1. The third-order valence-electron chi connectivity index (χ3n) is 5.37. The first-order chi connectivity index (χ1) is 17.1. The molecule has 35 heavy (non-hydrogen) atoms. The molecule has 4 aromatic rings. The van der Waals surface area contributed by atoms with Crippen LogP contribution in [0, 0.1) is 0 Å². The van der Waals surface area contributed by atoms with Crippen molar-refractivity contribution in [3.05, 3.63) is 89.1 Å². The van der Waals surface area contributed by atoms with Crippen LogP contribution in [0.3, 0.4) is 0 Å². The number of carbonyl (C=O) groups is 2. The van der Waals surface area contributed by atoms with Gasteiger partial charge in [0.25, 0.3) is 11.8 Å². The van der Waals surface area contributed by atoms with Crippen molar-refractivity contribution >= 4 is 40.0 Å².